The first kappa shape index (κ1) is 19.0. The topological polar surface area (TPSA) is 78.5 Å². The molecular formula is C18H23N3O3S2. The van der Waals surface area contributed by atoms with E-state index in [2.05, 4.69) is 10.6 Å². The zero-order valence-corrected chi connectivity index (χ0v) is 16.3. The van der Waals surface area contributed by atoms with Crippen LogP contribution in [0, 0.1) is 0 Å². The van der Waals surface area contributed by atoms with Gasteiger partial charge in [-0.05, 0) is 61.6 Å². The van der Waals surface area contributed by atoms with Crippen molar-refractivity contribution in [2.24, 2.45) is 0 Å². The lowest BCUT2D eigenvalue weighted by atomic mass is 10.1. The lowest BCUT2D eigenvalue weighted by molar-refractivity contribution is 0.0953. The highest BCUT2D eigenvalue weighted by Crippen LogP contribution is 2.28. The van der Waals surface area contributed by atoms with Crippen molar-refractivity contribution in [1.29, 1.82) is 0 Å². The van der Waals surface area contributed by atoms with Gasteiger partial charge in [0, 0.05) is 30.1 Å². The molecule has 1 aromatic heterocycles. The monoisotopic (exact) mass is 393 g/mol. The number of nitrogens with zero attached hydrogens (tertiary/aromatic N) is 1. The van der Waals surface area contributed by atoms with Crippen LogP contribution in [-0.4, -0.2) is 45.3 Å². The van der Waals surface area contributed by atoms with Crippen LogP contribution in [0.2, 0.25) is 0 Å². The molecular weight excluding hydrogens is 370 g/mol. The molecule has 1 amide bonds. The molecule has 0 bridgehead atoms. The van der Waals surface area contributed by atoms with Gasteiger partial charge in [0.25, 0.3) is 5.91 Å². The molecule has 3 rings (SSSR count). The Morgan fingerprint density at radius 1 is 1.27 bits per heavy atom. The molecule has 2 aromatic rings. The summed E-state index contributed by atoms with van der Waals surface area (Å²) in [5.41, 5.74) is 1.44. The number of thiophene rings is 1. The van der Waals surface area contributed by atoms with E-state index in [0.29, 0.717) is 25.2 Å². The zero-order chi connectivity index (χ0) is 18.6. The van der Waals surface area contributed by atoms with Crippen LogP contribution in [-0.2, 0) is 23.0 Å². The average Bonchev–Trinajstić information content (AvgIpc) is 3.13. The summed E-state index contributed by atoms with van der Waals surface area (Å²) in [6, 6.07) is 8.26. The van der Waals surface area contributed by atoms with Crippen LogP contribution in [0.25, 0.3) is 0 Å². The van der Waals surface area contributed by atoms with E-state index in [1.807, 2.05) is 18.5 Å². The van der Waals surface area contributed by atoms with Crippen molar-refractivity contribution in [2.45, 2.75) is 24.3 Å². The van der Waals surface area contributed by atoms with Crippen molar-refractivity contribution in [3.8, 4) is 0 Å². The van der Waals surface area contributed by atoms with E-state index in [-0.39, 0.29) is 10.8 Å². The summed E-state index contributed by atoms with van der Waals surface area (Å²) >= 11 is 1.67. The molecule has 140 valence electrons. The van der Waals surface area contributed by atoms with Gasteiger partial charge in [0.1, 0.15) is 0 Å². The van der Waals surface area contributed by atoms with Gasteiger partial charge >= 0.3 is 0 Å². The Labute approximate surface area is 158 Å². The quantitative estimate of drug-likeness (QED) is 0.704. The van der Waals surface area contributed by atoms with E-state index < -0.39 is 10.0 Å². The first-order chi connectivity index (χ1) is 12.5. The van der Waals surface area contributed by atoms with Crippen molar-refractivity contribution in [1.82, 2.24) is 14.9 Å². The van der Waals surface area contributed by atoms with Gasteiger partial charge in [-0.1, -0.05) is 6.07 Å². The molecule has 0 atom stereocenters. The average molecular weight is 394 g/mol. The van der Waals surface area contributed by atoms with Crippen LogP contribution >= 0.6 is 11.3 Å². The Hall–Kier alpha value is -1.74. The lowest BCUT2D eigenvalue weighted by Crippen LogP contribution is -2.35. The number of hydrogen-bond acceptors (Lipinski definition) is 5. The molecule has 1 aromatic carbocycles. The number of benzene rings is 1. The third-order valence-corrected chi connectivity index (χ3v) is 7.26. The molecule has 0 aliphatic carbocycles. The molecule has 0 unspecified atom stereocenters. The van der Waals surface area contributed by atoms with Crippen molar-refractivity contribution < 1.29 is 13.2 Å². The number of carbonyl (C=O) groups excluding carboxylic acids is 1. The standard InChI is InChI=1S/C18H23N3O3S2/c1-19-8-3-9-20-18(22)14-4-2-5-16(12-14)26(23,24)21-10-6-17-15(13-21)7-11-25-17/h2,4-5,7,11-12,19H,3,6,8-10,13H2,1H3,(H,20,22). The lowest BCUT2D eigenvalue weighted by Gasteiger charge is -2.26. The Morgan fingerprint density at radius 2 is 2.12 bits per heavy atom. The molecule has 0 spiro atoms. The fraction of sp³-hybridized carbons (Fsp3) is 0.389. The molecule has 26 heavy (non-hydrogen) atoms. The first-order valence-electron chi connectivity index (χ1n) is 8.60. The molecule has 0 saturated heterocycles. The fourth-order valence-corrected chi connectivity index (χ4v) is 5.30. The van der Waals surface area contributed by atoms with E-state index in [9.17, 15) is 13.2 Å². The summed E-state index contributed by atoms with van der Waals surface area (Å²) in [4.78, 5) is 13.7. The molecule has 0 saturated carbocycles. The number of hydrogen-bond donors (Lipinski definition) is 2. The van der Waals surface area contributed by atoms with E-state index in [1.165, 1.54) is 15.2 Å². The Morgan fingerprint density at radius 3 is 2.92 bits per heavy atom. The summed E-state index contributed by atoms with van der Waals surface area (Å²) in [5, 5.41) is 7.83. The molecule has 0 fully saturated rings. The zero-order valence-electron chi connectivity index (χ0n) is 14.7. The number of nitrogens with one attached hydrogen (secondary N) is 2. The molecule has 1 aliphatic rings. The summed E-state index contributed by atoms with van der Waals surface area (Å²) < 4.78 is 27.5. The second-order valence-electron chi connectivity index (χ2n) is 6.20. The third-order valence-electron chi connectivity index (χ3n) is 4.40. The largest absolute Gasteiger partial charge is 0.352 e. The number of fused-ring (bicyclic) bond motifs is 1. The van der Waals surface area contributed by atoms with Crippen LogP contribution in [0.4, 0.5) is 0 Å². The van der Waals surface area contributed by atoms with Gasteiger partial charge in [-0.15, -0.1) is 11.3 Å². The minimum Gasteiger partial charge on any atom is -0.352 e. The highest BCUT2D eigenvalue weighted by Gasteiger charge is 2.29. The van der Waals surface area contributed by atoms with E-state index in [4.69, 9.17) is 0 Å². The molecule has 0 radical (unpaired) electrons. The maximum atomic E-state index is 13.0. The summed E-state index contributed by atoms with van der Waals surface area (Å²) in [5.74, 6) is -0.253. The van der Waals surface area contributed by atoms with Gasteiger partial charge in [-0.2, -0.15) is 4.31 Å². The molecule has 2 N–H and O–H groups in total. The van der Waals surface area contributed by atoms with Crippen LogP contribution < -0.4 is 10.6 Å². The van der Waals surface area contributed by atoms with Crippen molar-refractivity contribution in [3.63, 3.8) is 0 Å². The Bertz CT molecular complexity index is 877. The van der Waals surface area contributed by atoms with Gasteiger partial charge in [0.15, 0.2) is 0 Å². The highest BCUT2D eigenvalue weighted by molar-refractivity contribution is 7.89. The first-order valence-corrected chi connectivity index (χ1v) is 10.9. The SMILES string of the molecule is CNCCCNC(=O)c1cccc(S(=O)(=O)N2CCc3sccc3C2)c1. The molecule has 1 aliphatic heterocycles. The Balaban J connectivity index is 1.73. The smallest absolute Gasteiger partial charge is 0.251 e. The van der Waals surface area contributed by atoms with Crippen molar-refractivity contribution >= 4 is 27.3 Å². The number of rotatable bonds is 7. The van der Waals surface area contributed by atoms with Crippen molar-refractivity contribution in [2.75, 3.05) is 26.7 Å². The maximum Gasteiger partial charge on any atom is 0.251 e. The normalized spacial score (nSPS) is 14.8. The number of sulfonamides is 1. The summed E-state index contributed by atoms with van der Waals surface area (Å²) in [7, 11) is -1.76. The minimum atomic E-state index is -3.62. The van der Waals surface area contributed by atoms with Crippen molar-refractivity contribution in [3.05, 3.63) is 51.7 Å². The second-order valence-corrected chi connectivity index (χ2v) is 9.14. The van der Waals surface area contributed by atoms with E-state index in [0.717, 1.165) is 24.9 Å². The van der Waals surface area contributed by atoms with Crippen LogP contribution in [0.3, 0.4) is 0 Å². The number of amides is 1. The van der Waals surface area contributed by atoms with E-state index >= 15 is 0 Å². The molecule has 2 heterocycles. The predicted molar refractivity (Wildman–Crippen MR) is 103 cm³/mol. The van der Waals surface area contributed by atoms with Crippen LogP contribution in [0.5, 0.6) is 0 Å². The summed E-state index contributed by atoms with van der Waals surface area (Å²) in [6.45, 7) is 2.22. The fourth-order valence-electron chi connectivity index (χ4n) is 2.94. The van der Waals surface area contributed by atoms with Gasteiger partial charge < -0.3 is 10.6 Å². The van der Waals surface area contributed by atoms with E-state index in [1.54, 1.807) is 29.5 Å². The summed E-state index contributed by atoms with van der Waals surface area (Å²) in [6.07, 6.45) is 1.55. The minimum absolute atomic E-state index is 0.166. The van der Waals surface area contributed by atoms with Gasteiger partial charge in [0.2, 0.25) is 10.0 Å². The number of carbonyl (C=O) groups is 1. The molecule has 6 nitrogen and oxygen atoms in total. The molecule has 8 heteroatoms. The predicted octanol–water partition coefficient (Wildman–Crippen LogP) is 1.83. The van der Waals surface area contributed by atoms with Gasteiger partial charge in [0.05, 0.1) is 4.90 Å². The highest BCUT2D eigenvalue weighted by atomic mass is 32.2. The van der Waals surface area contributed by atoms with Gasteiger partial charge in [-0.25, -0.2) is 8.42 Å². The Kier molecular flexibility index (Phi) is 6.08. The third kappa shape index (κ3) is 4.15. The van der Waals surface area contributed by atoms with Gasteiger partial charge in [-0.3, -0.25) is 4.79 Å². The second kappa shape index (κ2) is 8.30. The van der Waals surface area contributed by atoms with Crippen LogP contribution in [0.1, 0.15) is 27.2 Å². The maximum absolute atomic E-state index is 13.0. The van der Waals surface area contributed by atoms with Crippen LogP contribution in [0.15, 0.2) is 40.6 Å².